The summed E-state index contributed by atoms with van der Waals surface area (Å²) < 4.78 is 28.2. The van der Waals surface area contributed by atoms with Crippen LogP contribution in [-0.4, -0.2) is 20.5 Å². The number of carbonyl (C=O) groups is 1. The summed E-state index contributed by atoms with van der Waals surface area (Å²) >= 11 is 11.7. The van der Waals surface area contributed by atoms with E-state index in [4.69, 9.17) is 33.1 Å². The number of halogens is 2. The molecule has 0 bridgehead atoms. The predicted octanol–water partition coefficient (Wildman–Crippen LogP) is 3.13. The van der Waals surface area contributed by atoms with Crippen molar-refractivity contribution in [2.45, 2.75) is 43.1 Å². The average molecular weight is 352 g/mol. The number of esters is 1. The van der Waals surface area contributed by atoms with Crippen LogP contribution in [0, 0.1) is 0 Å². The van der Waals surface area contributed by atoms with Crippen LogP contribution >= 0.6 is 23.2 Å². The molecule has 0 atom stereocenters. The third-order valence-corrected chi connectivity index (χ3v) is 5.06. The zero-order valence-corrected chi connectivity index (χ0v) is 13.5. The maximum atomic E-state index is 12.1. The molecule has 0 aromatic heterocycles. The van der Waals surface area contributed by atoms with Crippen LogP contribution in [0.5, 0.6) is 0 Å². The van der Waals surface area contributed by atoms with E-state index >= 15 is 0 Å². The van der Waals surface area contributed by atoms with Crippen molar-refractivity contribution < 1.29 is 17.9 Å². The van der Waals surface area contributed by atoms with Gasteiger partial charge < -0.3 is 4.74 Å². The molecule has 8 heteroatoms. The van der Waals surface area contributed by atoms with Crippen LogP contribution in [0.4, 0.5) is 0 Å². The molecule has 1 aliphatic rings. The van der Waals surface area contributed by atoms with Gasteiger partial charge in [-0.15, -0.1) is 0 Å². The molecular formula is C13H15Cl2NO4S. The summed E-state index contributed by atoms with van der Waals surface area (Å²) in [5.74, 6) is -0.659. The first-order valence-corrected chi connectivity index (χ1v) is 8.82. The van der Waals surface area contributed by atoms with Gasteiger partial charge in [-0.2, -0.15) is 0 Å². The van der Waals surface area contributed by atoms with Crippen molar-refractivity contribution in [3.05, 3.63) is 27.7 Å². The maximum absolute atomic E-state index is 12.1. The smallest absolute Gasteiger partial charge is 0.339 e. The zero-order valence-electron chi connectivity index (χ0n) is 11.1. The summed E-state index contributed by atoms with van der Waals surface area (Å²) in [7, 11) is -4.04. The Morgan fingerprint density at radius 3 is 2.33 bits per heavy atom. The fourth-order valence-electron chi connectivity index (χ4n) is 2.30. The highest BCUT2D eigenvalue weighted by atomic mass is 35.5. The van der Waals surface area contributed by atoms with Gasteiger partial charge in [0.1, 0.15) is 11.0 Å². The summed E-state index contributed by atoms with van der Waals surface area (Å²) in [6, 6.07) is 2.24. The van der Waals surface area contributed by atoms with Gasteiger partial charge in [-0.1, -0.05) is 29.6 Å². The Bertz CT molecular complexity index is 654. The van der Waals surface area contributed by atoms with Gasteiger partial charge in [-0.3, -0.25) is 0 Å². The summed E-state index contributed by atoms with van der Waals surface area (Å²) in [6.45, 7) is 0. The second kappa shape index (κ2) is 6.52. The van der Waals surface area contributed by atoms with Gasteiger partial charge in [0.05, 0.1) is 15.6 Å². The Hall–Kier alpha value is -0.820. The Kier molecular flexibility index (Phi) is 5.14. The lowest BCUT2D eigenvalue weighted by atomic mass is 9.98. The second-order valence-corrected chi connectivity index (χ2v) is 7.32. The van der Waals surface area contributed by atoms with Crippen LogP contribution in [-0.2, 0) is 14.8 Å². The van der Waals surface area contributed by atoms with E-state index in [9.17, 15) is 13.2 Å². The minimum absolute atomic E-state index is 0.0354. The molecule has 5 nitrogen and oxygen atoms in total. The van der Waals surface area contributed by atoms with Crippen LogP contribution in [0.1, 0.15) is 42.5 Å². The van der Waals surface area contributed by atoms with Crippen LogP contribution in [0.2, 0.25) is 10.0 Å². The fraction of sp³-hybridized carbons (Fsp3) is 0.462. The van der Waals surface area contributed by atoms with E-state index in [-0.39, 0.29) is 26.6 Å². The lowest BCUT2D eigenvalue weighted by Gasteiger charge is -2.22. The van der Waals surface area contributed by atoms with E-state index in [1.54, 1.807) is 0 Å². The number of carbonyl (C=O) groups excluding carboxylic acids is 1. The number of sulfonamides is 1. The molecule has 1 aliphatic carbocycles. The molecule has 0 unspecified atom stereocenters. The van der Waals surface area contributed by atoms with E-state index in [2.05, 4.69) is 0 Å². The standard InChI is InChI=1S/C13H15Cl2NO4S/c14-10-7-11(15)12(21(16,18)19)6-9(10)13(17)20-8-4-2-1-3-5-8/h6-8H,1-5H2,(H2,16,18,19). The number of primary sulfonamides is 1. The summed E-state index contributed by atoms with van der Waals surface area (Å²) in [5.41, 5.74) is -0.0457. The summed E-state index contributed by atoms with van der Waals surface area (Å²) in [4.78, 5) is 11.8. The molecule has 0 saturated heterocycles. The van der Waals surface area contributed by atoms with Gasteiger partial charge in [0.15, 0.2) is 0 Å². The third kappa shape index (κ3) is 4.10. The molecule has 2 N–H and O–H groups in total. The number of rotatable bonds is 3. The number of hydrogen-bond donors (Lipinski definition) is 1. The van der Waals surface area contributed by atoms with Crippen LogP contribution in [0.15, 0.2) is 17.0 Å². The molecule has 1 aromatic rings. The highest BCUT2D eigenvalue weighted by Crippen LogP contribution is 2.29. The molecule has 1 fully saturated rings. The van der Waals surface area contributed by atoms with Crippen molar-refractivity contribution in [1.82, 2.24) is 0 Å². The van der Waals surface area contributed by atoms with Crippen molar-refractivity contribution >= 4 is 39.2 Å². The van der Waals surface area contributed by atoms with E-state index < -0.39 is 16.0 Å². The molecule has 2 rings (SSSR count). The third-order valence-electron chi connectivity index (χ3n) is 3.37. The molecular weight excluding hydrogens is 337 g/mol. The molecule has 0 radical (unpaired) electrons. The zero-order chi connectivity index (χ0) is 15.6. The fourth-order valence-corrected chi connectivity index (χ4v) is 3.70. The van der Waals surface area contributed by atoms with Gasteiger partial charge in [0, 0.05) is 0 Å². The Morgan fingerprint density at radius 1 is 1.14 bits per heavy atom. The van der Waals surface area contributed by atoms with Gasteiger partial charge >= 0.3 is 5.97 Å². The monoisotopic (exact) mass is 351 g/mol. The maximum Gasteiger partial charge on any atom is 0.339 e. The number of nitrogens with two attached hydrogens (primary N) is 1. The van der Waals surface area contributed by atoms with E-state index in [1.165, 1.54) is 6.07 Å². The summed E-state index contributed by atoms with van der Waals surface area (Å²) in [6.07, 6.45) is 4.60. The van der Waals surface area contributed by atoms with Crippen LogP contribution in [0.3, 0.4) is 0 Å². The SMILES string of the molecule is NS(=O)(=O)c1cc(C(=O)OC2CCCCC2)c(Cl)cc1Cl. The number of benzene rings is 1. The largest absolute Gasteiger partial charge is 0.459 e. The molecule has 1 aromatic carbocycles. The Labute approximate surface area is 133 Å². The van der Waals surface area contributed by atoms with Crippen molar-refractivity contribution in [2.24, 2.45) is 5.14 Å². The molecule has 0 aliphatic heterocycles. The minimum atomic E-state index is -4.04. The predicted molar refractivity (Wildman–Crippen MR) is 80.1 cm³/mol. The van der Waals surface area contributed by atoms with Gasteiger partial charge in [-0.25, -0.2) is 18.4 Å². The highest BCUT2D eigenvalue weighted by Gasteiger charge is 2.23. The van der Waals surface area contributed by atoms with E-state index in [1.807, 2.05) is 0 Å². The molecule has 1 saturated carbocycles. The highest BCUT2D eigenvalue weighted by molar-refractivity contribution is 7.89. The Balaban J connectivity index is 2.28. The van der Waals surface area contributed by atoms with Gasteiger partial charge in [0.25, 0.3) is 0 Å². The van der Waals surface area contributed by atoms with Crippen molar-refractivity contribution in [3.63, 3.8) is 0 Å². The van der Waals surface area contributed by atoms with Crippen molar-refractivity contribution in [2.75, 3.05) is 0 Å². The lowest BCUT2D eigenvalue weighted by molar-refractivity contribution is 0.0211. The number of hydrogen-bond acceptors (Lipinski definition) is 4. The van der Waals surface area contributed by atoms with Crippen molar-refractivity contribution in [1.29, 1.82) is 0 Å². The van der Waals surface area contributed by atoms with Crippen molar-refractivity contribution in [3.8, 4) is 0 Å². The molecule has 0 spiro atoms. The first kappa shape index (κ1) is 16.5. The summed E-state index contributed by atoms with van der Waals surface area (Å²) in [5, 5.41) is 4.96. The molecule has 0 heterocycles. The van der Waals surface area contributed by atoms with Crippen LogP contribution in [0.25, 0.3) is 0 Å². The van der Waals surface area contributed by atoms with E-state index in [0.717, 1.165) is 38.2 Å². The molecule has 21 heavy (non-hydrogen) atoms. The lowest BCUT2D eigenvalue weighted by Crippen LogP contribution is -2.21. The topological polar surface area (TPSA) is 86.5 Å². The van der Waals surface area contributed by atoms with Gasteiger partial charge in [-0.05, 0) is 37.8 Å². The Morgan fingerprint density at radius 2 is 1.76 bits per heavy atom. The first-order chi connectivity index (χ1) is 9.79. The minimum Gasteiger partial charge on any atom is -0.459 e. The average Bonchev–Trinajstić information content (AvgIpc) is 2.38. The molecule has 0 amide bonds. The second-order valence-electron chi connectivity index (χ2n) is 4.97. The van der Waals surface area contributed by atoms with Gasteiger partial charge in [0.2, 0.25) is 10.0 Å². The normalized spacial score (nSPS) is 16.7. The van der Waals surface area contributed by atoms with Crippen LogP contribution < -0.4 is 5.14 Å². The quantitative estimate of drug-likeness (QED) is 0.847. The molecule has 116 valence electrons. The first-order valence-electron chi connectivity index (χ1n) is 6.52. The van der Waals surface area contributed by atoms with E-state index in [0.29, 0.717) is 0 Å². The number of ether oxygens (including phenoxy) is 1.